The van der Waals surface area contributed by atoms with Crippen molar-refractivity contribution in [3.8, 4) is 22.5 Å². The van der Waals surface area contributed by atoms with Gasteiger partial charge in [-0.1, -0.05) is 65.9 Å². The summed E-state index contributed by atoms with van der Waals surface area (Å²) in [6.07, 6.45) is 7.55. The van der Waals surface area contributed by atoms with Gasteiger partial charge in [-0.05, 0) is 43.4 Å². The van der Waals surface area contributed by atoms with Gasteiger partial charge in [-0.2, -0.15) is 4.68 Å². The van der Waals surface area contributed by atoms with Crippen LogP contribution in [0.4, 0.5) is 4.79 Å². The molecule has 1 amide bonds. The molecule has 0 radical (unpaired) electrons. The Hall–Kier alpha value is -3.80. The van der Waals surface area contributed by atoms with Crippen molar-refractivity contribution in [3.05, 3.63) is 90.8 Å². The van der Waals surface area contributed by atoms with Crippen molar-refractivity contribution >= 4 is 6.03 Å². The zero-order chi connectivity index (χ0) is 21.8. The number of aromatic nitrogens is 4. The number of carbonyl (C=O) groups excluding carboxylic acids is 1. The Balaban J connectivity index is 1.32. The van der Waals surface area contributed by atoms with Crippen molar-refractivity contribution in [2.24, 2.45) is 0 Å². The van der Waals surface area contributed by atoms with Gasteiger partial charge in [-0.25, -0.2) is 4.79 Å². The minimum atomic E-state index is -0.102. The predicted molar refractivity (Wildman–Crippen MR) is 124 cm³/mol. The molecule has 1 saturated heterocycles. The number of likely N-dealkylation sites (tertiary alicyclic amines) is 1. The summed E-state index contributed by atoms with van der Waals surface area (Å²) in [5, 5.41) is 8.42. The third-order valence-electron chi connectivity index (χ3n) is 6.02. The molecule has 2 aromatic carbocycles. The Labute approximate surface area is 187 Å². The molecule has 1 unspecified atom stereocenters. The van der Waals surface area contributed by atoms with E-state index in [0.29, 0.717) is 5.69 Å². The molecule has 1 aliphatic heterocycles. The summed E-state index contributed by atoms with van der Waals surface area (Å²) in [6.45, 7) is 0.754. The Bertz CT molecular complexity index is 1170. The highest BCUT2D eigenvalue weighted by atomic mass is 16.2. The average molecular weight is 424 g/mol. The van der Waals surface area contributed by atoms with E-state index in [2.05, 4.69) is 27.4 Å². The number of nitrogens with zero attached hydrogens (tertiary/aromatic N) is 5. The molecular formula is C26H25N5O. The maximum atomic E-state index is 13.3. The Kier molecular flexibility index (Phi) is 5.75. The van der Waals surface area contributed by atoms with Crippen molar-refractivity contribution in [1.29, 1.82) is 0 Å². The summed E-state index contributed by atoms with van der Waals surface area (Å²) in [4.78, 5) is 19.6. The lowest BCUT2D eigenvalue weighted by Gasteiger charge is -2.35. The van der Waals surface area contributed by atoms with E-state index in [9.17, 15) is 4.79 Å². The molecule has 3 heterocycles. The van der Waals surface area contributed by atoms with Crippen molar-refractivity contribution < 1.29 is 4.79 Å². The second kappa shape index (κ2) is 9.14. The molecule has 1 aliphatic rings. The first-order valence-electron chi connectivity index (χ1n) is 11.1. The fourth-order valence-electron chi connectivity index (χ4n) is 4.32. The Morgan fingerprint density at radius 1 is 0.875 bits per heavy atom. The zero-order valence-corrected chi connectivity index (χ0v) is 17.8. The van der Waals surface area contributed by atoms with Gasteiger partial charge in [0.05, 0.1) is 11.9 Å². The second-order valence-corrected chi connectivity index (χ2v) is 8.16. The van der Waals surface area contributed by atoms with Crippen LogP contribution in [0.5, 0.6) is 0 Å². The van der Waals surface area contributed by atoms with E-state index in [0.717, 1.165) is 49.0 Å². The van der Waals surface area contributed by atoms with E-state index in [1.54, 1.807) is 12.4 Å². The maximum absolute atomic E-state index is 13.3. The number of hydrogen-bond donors (Lipinski definition) is 0. The number of rotatable bonds is 4. The van der Waals surface area contributed by atoms with Crippen LogP contribution in [0, 0.1) is 0 Å². The van der Waals surface area contributed by atoms with Crippen LogP contribution < -0.4 is 0 Å². The molecule has 0 aliphatic carbocycles. The molecule has 4 aromatic rings. The lowest BCUT2D eigenvalue weighted by atomic mass is 9.96. The number of benzene rings is 2. The summed E-state index contributed by atoms with van der Waals surface area (Å²) in [6, 6.07) is 24.3. The van der Waals surface area contributed by atoms with Crippen LogP contribution in [0.25, 0.3) is 22.5 Å². The molecule has 32 heavy (non-hydrogen) atoms. The SMILES string of the molecule is O=C(N1CCCCC1Cc1ccccc1)n1cc(-c2ccc(-c3ccccn3)cc2)nn1. The van der Waals surface area contributed by atoms with Gasteiger partial charge < -0.3 is 4.90 Å². The second-order valence-electron chi connectivity index (χ2n) is 8.16. The minimum Gasteiger partial charge on any atom is -0.320 e. The molecule has 0 spiro atoms. The predicted octanol–water partition coefficient (Wildman–Crippen LogP) is 5.07. The van der Waals surface area contributed by atoms with Crippen molar-refractivity contribution in [3.63, 3.8) is 0 Å². The van der Waals surface area contributed by atoms with Crippen molar-refractivity contribution in [2.75, 3.05) is 6.54 Å². The molecule has 6 heteroatoms. The highest BCUT2D eigenvalue weighted by molar-refractivity contribution is 5.77. The van der Waals surface area contributed by atoms with Gasteiger partial charge in [-0.15, -0.1) is 5.10 Å². The van der Waals surface area contributed by atoms with E-state index >= 15 is 0 Å². The zero-order valence-electron chi connectivity index (χ0n) is 17.8. The van der Waals surface area contributed by atoms with E-state index in [-0.39, 0.29) is 12.1 Å². The van der Waals surface area contributed by atoms with Gasteiger partial charge in [0, 0.05) is 29.9 Å². The summed E-state index contributed by atoms with van der Waals surface area (Å²) in [5.41, 5.74) is 4.82. The van der Waals surface area contributed by atoms with Crippen molar-refractivity contribution in [1.82, 2.24) is 24.9 Å². The normalized spacial score (nSPS) is 16.1. The molecule has 1 fully saturated rings. The highest BCUT2D eigenvalue weighted by Crippen LogP contribution is 2.24. The van der Waals surface area contributed by atoms with Crippen LogP contribution in [0.15, 0.2) is 85.2 Å². The fraction of sp³-hybridized carbons (Fsp3) is 0.231. The smallest absolute Gasteiger partial charge is 0.320 e. The van der Waals surface area contributed by atoms with Gasteiger partial charge in [0.2, 0.25) is 0 Å². The number of amides is 1. The summed E-state index contributed by atoms with van der Waals surface area (Å²) < 4.78 is 1.38. The van der Waals surface area contributed by atoms with Crippen molar-refractivity contribution in [2.45, 2.75) is 31.7 Å². The Morgan fingerprint density at radius 3 is 2.38 bits per heavy atom. The number of carbonyl (C=O) groups is 1. The topological polar surface area (TPSA) is 63.9 Å². The maximum Gasteiger partial charge on any atom is 0.346 e. The summed E-state index contributed by atoms with van der Waals surface area (Å²) >= 11 is 0. The van der Waals surface area contributed by atoms with Gasteiger partial charge in [0.15, 0.2) is 0 Å². The molecule has 0 saturated carbocycles. The largest absolute Gasteiger partial charge is 0.346 e. The highest BCUT2D eigenvalue weighted by Gasteiger charge is 2.28. The molecule has 1 atom stereocenters. The van der Waals surface area contributed by atoms with Crippen LogP contribution in [0.3, 0.4) is 0 Å². The van der Waals surface area contributed by atoms with Gasteiger partial charge in [-0.3, -0.25) is 4.98 Å². The van der Waals surface area contributed by atoms with E-state index in [4.69, 9.17) is 0 Å². The molecule has 2 aromatic heterocycles. The monoisotopic (exact) mass is 423 g/mol. The van der Waals surface area contributed by atoms with Crippen LogP contribution in [-0.2, 0) is 6.42 Å². The third-order valence-corrected chi connectivity index (χ3v) is 6.02. The standard InChI is InChI=1S/C26H25N5O/c32-26(30-17-7-5-10-23(30)18-20-8-2-1-3-9-20)31-19-25(28-29-31)22-14-12-21(13-15-22)24-11-4-6-16-27-24/h1-4,6,8-9,11-16,19,23H,5,7,10,17-18H2. The molecule has 0 N–H and O–H groups in total. The van der Waals surface area contributed by atoms with Gasteiger partial charge in [0.25, 0.3) is 0 Å². The molecular weight excluding hydrogens is 398 g/mol. The first-order valence-corrected chi connectivity index (χ1v) is 11.1. The van der Waals surface area contributed by atoms with Crippen LogP contribution in [0.2, 0.25) is 0 Å². The van der Waals surface area contributed by atoms with Crippen LogP contribution >= 0.6 is 0 Å². The fourth-order valence-corrected chi connectivity index (χ4v) is 4.32. The van der Waals surface area contributed by atoms with Crippen LogP contribution in [0.1, 0.15) is 24.8 Å². The van der Waals surface area contributed by atoms with E-state index in [1.165, 1.54) is 10.2 Å². The average Bonchev–Trinajstić information content (AvgIpc) is 3.36. The molecule has 0 bridgehead atoms. The van der Waals surface area contributed by atoms with E-state index in [1.807, 2.05) is 65.6 Å². The molecule has 160 valence electrons. The molecule has 5 rings (SSSR count). The lowest BCUT2D eigenvalue weighted by Crippen LogP contribution is -2.46. The number of pyridine rings is 1. The van der Waals surface area contributed by atoms with Crippen LogP contribution in [-0.4, -0.2) is 43.5 Å². The minimum absolute atomic E-state index is 0.102. The number of piperidine rings is 1. The van der Waals surface area contributed by atoms with Gasteiger partial charge in [0.1, 0.15) is 5.69 Å². The molecule has 6 nitrogen and oxygen atoms in total. The summed E-state index contributed by atoms with van der Waals surface area (Å²) in [7, 11) is 0. The lowest BCUT2D eigenvalue weighted by molar-refractivity contribution is 0.149. The van der Waals surface area contributed by atoms with Gasteiger partial charge >= 0.3 is 6.03 Å². The summed E-state index contributed by atoms with van der Waals surface area (Å²) in [5.74, 6) is 0. The third kappa shape index (κ3) is 4.30. The first-order chi connectivity index (χ1) is 15.8. The first kappa shape index (κ1) is 20.1. The Morgan fingerprint density at radius 2 is 1.62 bits per heavy atom. The quantitative estimate of drug-likeness (QED) is 0.460. The number of hydrogen-bond acceptors (Lipinski definition) is 4. The van der Waals surface area contributed by atoms with E-state index < -0.39 is 0 Å².